The maximum Gasteiger partial charge on any atom is 0.300 e. The van der Waals surface area contributed by atoms with Crippen LogP contribution in [0.5, 0.6) is 5.75 Å². The van der Waals surface area contributed by atoms with E-state index in [1.165, 1.54) is 11.8 Å². The number of primary amides is 1. The zero-order chi connectivity index (χ0) is 21.1. The lowest BCUT2D eigenvalue weighted by atomic mass is 10.0. The first-order chi connectivity index (χ1) is 14.5. The number of nitrogens with zero attached hydrogens (tertiary/aromatic N) is 2. The van der Waals surface area contributed by atoms with E-state index in [9.17, 15) is 4.79 Å². The van der Waals surface area contributed by atoms with Crippen molar-refractivity contribution in [2.75, 3.05) is 5.32 Å². The molecule has 152 valence electrons. The number of nitrogens with one attached hydrogen (secondary N) is 1. The van der Waals surface area contributed by atoms with Gasteiger partial charge in [-0.1, -0.05) is 26.0 Å². The highest BCUT2D eigenvalue weighted by Crippen LogP contribution is 2.27. The second-order valence-electron chi connectivity index (χ2n) is 7.26. The van der Waals surface area contributed by atoms with Gasteiger partial charge in [0.25, 0.3) is 11.9 Å². The summed E-state index contributed by atoms with van der Waals surface area (Å²) in [6, 6.07) is 17.4. The van der Waals surface area contributed by atoms with Gasteiger partial charge in [-0.25, -0.2) is 0 Å². The lowest BCUT2D eigenvalue weighted by molar-refractivity contribution is 0.0995. The van der Waals surface area contributed by atoms with E-state index in [4.69, 9.17) is 14.9 Å². The molecule has 30 heavy (non-hydrogen) atoms. The van der Waals surface area contributed by atoms with Crippen LogP contribution in [0.4, 0.5) is 11.7 Å². The van der Waals surface area contributed by atoms with Crippen LogP contribution in [0.2, 0.25) is 0 Å². The molecule has 0 atom stereocenters. The van der Waals surface area contributed by atoms with Gasteiger partial charge in [0.05, 0.1) is 0 Å². The van der Waals surface area contributed by atoms with Gasteiger partial charge in [-0.15, -0.1) is 0 Å². The number of carbonyl (C=O) groups excluding carboxylic acids is 1. The SMILES string of the molecule is CC(C)c1cccc(Nc2nc3cc(OCc4ccnc(C(N)=O)c4)ccc3o2)c1. The topological polar surface area (TPSA) is 103 Å². The Kier molecular flexibility index (Phi) is 5.34. The van der Waals surface area contributed by atoms with Crippen molar-refractivity contribution in [3.63, 3.8) is 0 Å². The quantitative estimate of drug-likeness (QED) is 0.462. The lowest BCUT2D eigenvalue weighted by Gasteiger charge is -2.07. The summed E-state index contributed by atoms with van der Waals surface area (Å²) in [6.07, 6.45) is 1.53. The van der Waals surface area contributed by atoms with Crippen molar-refractivity contribution in [2.45, 2.75) is 26.4 Å². The van der Waals surface area contributed by atoms with Crippen molar-refractivity contribution in [1.82, 2.24) is 9.97 Å². The highest BCUT2D eigenvalue weighted by molar-refractivity contribution is 5.90. The molecule has 0 spiro atoms. The van der Waals surface area contributed by atoms with Crippen LogP contribution in [0, 0.1) is 0 Å². The third kappa shape index (κ3) is 4.41. The fourth-order valence-electron chi connectivity index (χ4n) is 3.01. The van der Waals surface area contributed by atoms with Crippen LogP contribution < -0.4 is 15.8 Å². The fourth-order valence-corrected chi connectivity index (χ4v) is 3.01. The van der Waals surface area contributed by atoms with Gasteiger partial charge in [0.1, 0.15) is 23.6 Å². The highest BCUT2D eigenvalue weighted by Gasteiger charge is 2.09. The third-order valence-corrected chi connectivity index (χ3v) is 4.65. The summed E-state index contributed by atoms with van der Waals surface area (Å²) >= 11 is 0. The number of pyridine rings is 1. The maximum atomic E-state index is 11.3. The van der Waals surface area contributed by atoms with E-state index in [1.54, 1.807) is 12.1 Å². The van der Waals surface area contributed by atoms with Gasteiger partial charge >= 0.3 is 0 Å². The fraction of sp³-hybridized carbons (Fsp3) is 0.174. The summed E-state index contributed by atoms with van der Waals surface area (Å²) < 4.78 is 11.6. The number of amides is 1. The van der Waals surface area contributed by atoms with Crippen LogP contribution in [-0.4, -0.2) is 15.9 Å². The number of fused-ring (bicyclic) bond motifs is 1. The molecular formula is C23H22N4O3. The molecule has 7 nitrogen and oxygen atoms in total. The highest BCUT2D eigenvalue weighted by atomic mass is 16.5. The molecule has 2 aromatic carbocycles. The molecule has 0 aliphatic heterocycles. The standard InChI is InChI=1S/C23H22N4O3/c1-14(2)16-4-3-5-17(11-16)26-23-27-19-12-18(6-7-21(19)30-23)29-13-15-8-9-25-20(10-15)22(24)28/h3-12,14H,13H2,1-2H3,(H2,24,28)(H,26,27). The minimum atomic E-state index is -0.570. The molecule has 0 saturated carbocycles. The first-order valence-electron chi connectivity index (χ1n) is 9.63. The number of nitrogens with two attached hydrogens (primary N) is 1. The summed E-state index contributed by atoms with van der Waals surface area (Å²) in [5.41, 5.74) is 9.77. The predicted octanol–water partition coefficient (Wildman–Crippen LogP) is 4.77. The summed E-state index contributed by atoms with van der Waals surface area (Å²) in [6.45, 7) is 4.58. The average molecular weight is 402 g/mol. The van der Waals surface area contributed by atoms with Crippen molar-refractivity contribution in [3.05, 3.63) is 77.6 Å². The Labute approximate surface area is 173 Å². The lowest BCUT2D eigenvalue weighted by Crippen LogP contribution is -2.13. The second-order valence-corrected chi connectivity index (χ2v) is 7.26. The van der Waals surface area contributed by atoms with Crippen molar-refractivity contribution >= 4 is 28.7 Å². The molecule has 2 aromatic heterocycles. The van der Waals surface area contributed by atoms with Gasteiger partial charge in [-0.05, 0) is 53.4 Å². The largest absolute Gasteiger partial charge is 0.489 e. The van der Waals surface area contributed by atoms with E-state index >= 15 is 0 Å². The number of carbonyl (C=O) groups is 1. The second kappa shape index (κ2) is 8.24. The van der Waals surface area contributed by atoms with Gasteiger partial charge in [0.15, 0.2) is 5.58 Å². The molecule has 1 amide bonds. The molecule has 0 saturated heterocycles. The van der Waals surface area contributed by atoms with E-state index in [0.29, 0.717) is 28.8 Å². The summed E-state index contributed by atoms with van der Waals surface area (Å²) in [7, 11) is 0. The Balaban J connectivity index is 1.48. The van der Waals surface area contributed by atoms with E-state index in [-0.39, 0.29) is 12.3 Å². The Morgan fingerprint density at radius 3 is 2.83 bits per heavy atom. The number of oxazole rings is 1. The van der Waals surface area contributed by atoms with Crippen molar-refractivity contribution < 1.29 is 13.9 Å². The minimum absolute atomic E-state index is 0.209. The van der Waals surface area contributed by atoms with Crippen LogP contribution in [0.25, 0.3) is 11.1 Å². The van der Waals surface area contributed by atoms with Gasteiger partial charge < -0.3 is 20.2 Å². The van der Waals surface area contributed by atoms with Crippen LogP contribution in [-0.2, 0) is 6.61 Å². The summed E-state index contributed by atoms with van der Waals surface area (Å²) in [5, 5.41) is 3.21. The number of rotatable bonds is 7. The average Bonchev–Trinajstić information content (AvgIpc) is 3.14. The number of ether oxygens (including phenoxy) is 1. The molecule has 3 N–H and O–H groups in total. The van der Waals surface area contributed by atoms with E-state index in [1.807, 2.05) is 30.3 Å². The van der Waals surface area contributed by atoms with Crippen molar-refractivity contribution in [1.29, 1.82) is 0 Å². The first kappa shape index (κ1) is 19.4. The Bertz CT molecular complexity index is 1200. The molecular weight excluding hydrogens is 380 g/mol. The third-order valence-electron chi connectivity index (χ3n) is 4.65. The molecule has 0 radical (unpaired) electrons. The van der Waals surface area contributed by atoms with Crippen LogP contribution >= 0.6 is 0 Å². The van der Waals surface area contributed by atoms with E-state index in [2.05, 4.69) is 41.3 Å². The van der Waals surface area contributed by atoms with Crippen LogP contribution in [0.3, 0.4) is 0 Å². The molecule has 4 aromatic rings. The summed E-state index contributed by atoms with van der Waals surface area (Å²) in [4.78, 5) is 19.7. The Hall–Kier alpha value is -3.87. The maximum absolute atomic E-state index is 11.3. The molecule has 2 heterocycles. The first-order valence-corrected chi connectivity index (χ1v) is 9.63. The number of hydrogen-bond donors (Lipinski definition) is 2. The number of aromatic nitrogens is 2. The van der Waals surface area contributed by atoms with Gasteiger partial charge in [0, 0.05) is 18.0 Å². The molecule has 0 aliphatic rings. The van der Waals surface area contributed by atoms with E-state index < -0.39 is 5.91 Å². The Morgan fingerprint density at radius 1 is 1.17 bits per heavy atom. The van der Waals surface area contributed by atoms with Crippen molar-refractivity contribution in [3.8, 4) is 5.75 Å². The molecule has 0 aliphatic carbocycles. The number of benzene rings is 2. The Morgan fingerprint density at radius 2 is 2.03 bits per heavy atom. The zero-order valence-electron chi connectivity index (χ0n) is 16.8. The smallest absolute Gasteiger partial charge is 0.300 e. The van der Waals surface area contributed by atoms with Gasteiger partial charge in [0.2, 0.25) is 0 Å². The predicted molar refractivity (Wildman–Crippen MR) is 115 cm³/mol. The molecule has 0 unspecified atom stereocenters. The van der Waals surface area contributed by atoms with Gasteiger partial charge in [-0.2, -0.15) is 4.98 Å². The normalized spacial score (nSPS) is 11.0. The number of anilines is 2. The minimum Gasteiger partial charge on any atom is -0.489 e. The van der Waals surface area contributed by atoms with E-state index in [0.717, 1.165) is 11.3 Å². The molecule has 4 rings (SSSR count). The van der Waals surface area contributed by atoms with Crippen LogP contribution in [0.1, 0.15) is 41.4 Å². The molecule has 0 fully saturated rings. The zero-order valence-corrected chi connectivity index (χ0v) is 16.8. The summed E-state index contributed by atoms with van der Waals surface area (Å²) in [5.74, 6) is 0.510. The van der Waals surface area contributed by atoms with Crippen LogP contribution in [0.15, 0.2) is 65.2 Å². The monoisotopic (exact) mass is 402 g/mol. The molecule has 7 heteroatoms. The molecule has 0 bridgehead atoms. The van der Waals surface area contributed by atoms with Gasteiger partial charge in [-0.3, -0.25) is 9.78 Å². The van der Waals surface area contributed by atoms with Crippen molar-refractivity contribution in [2.24, 2.45) is 5.73 Å². The number of hydrogen-bond acceptors (Lipinski definition) is 6.